The van der Waals surface area contributed by atoms with Gasteiger partial charge in [-0.25, -0.2) is 10.5 Å². The van der Waals surface area contributed by atoms with E-state index >= 15 is 0 Å². The molecule has 0 radical (unpaired) electrons. The molecule has 0 bridgehead atoms. The second kappa shape index (κ2) is 6.18. The number of pyridine rings is 1. The van der Waals surface area contributed by atoms with E-state index in [-0.39, 0.29) is 0 Å². The first-order chi connectivity index (χ1) is 12.3. The van der Waals surface area contributed by atoms with Gasteiger partial charge in [0.2, 0.25) is 5.88 Å². The van der Waals surface area contributed by atoms with Gasteiger partial charge < -0.3 is 4.74 Å². The lowest BCUT2D eigenvalue weighted by Crippen LogP contribution is -2.19. The summed E-state index contributed by atoms with van der Waals surface area (Å²) in [6.07, 6.45) is 1.73. The molecule has 4 rings (SSSR count). The maximum atomic E-state index is 11.9. The molecule has 6 heteroatoms. The van der Waals surface area contributed by atoms with Gasteiger partial charge >= 0.3 is 0 Å². The molecule has 0 fully saturated rings. The number of amides is 1. The lowest BCUT2D eigenvalue weighted by Gasteiger charge is -2.11. The van der Waals surface area contributed by atoms with Gasteiger partial charge in [-0.05, 0) is 30.3 Å². The summed E-state index contributed by atoms with van der Waals surface area (Å²) in [5, 5.41) is 8.93. The molecule has 3 aromatic rings. The fourth-order valence-electron chi connectivity index (χ4n) is 2.64. The van der Waals surface area contributed by atoms with Crippen molar-refractivity contribution < 1.29 is 14.7 Å². The lowest BCUT2D eigenvalue weighted by molar-refractivity contribution is 0.0707. The van der Waals surface area contributed by atoms with Crippen LogP contribution in [-0.2, 0) is 0 Å². The number of fused-ring (bicyclic) bond motifs is 2. The summed E-state index contributed by atoms with van der Waals surface area (Å²) in [6, 6.07) is 18.0. The van der Waals surface area contributed by atoms with Crippen molar-refractivity contribution in [1.82, 2.24) is 10.5 Å². The molecule has 0 spiro atoms. The van der Waals surface area contributed by atoms with Gasteiger partial charge in [0.1, 0.15) is 11.4 Å². The van der Waals surface area contributed by atoms with E-state index < -0.39 is 5.91 Å². The number of aromatic nitrogens is 1. The summed E-state index contributed by atoms with van der Waals surface area (Å²) in [7, 11) is 0. The van der Waals surface area contributed by atoms with Crippen LogP contribution in [0.25, 0.3) is 11.3 Å². The van der Waals surface area contributed by atoms with Crippen LogP contribution in [0.1, 0.15) is 15.9 Å². The van der Waals surface area contributed by atoms with Gasteiger partial charge in [-0.2, -0.15) is 0 Å². The average molecular weight is 331 g/mol. The molecular formula is C19H13N3O3. The first-order valence-electron chi connectivity index (χ1n) is 7.62. The lowest BCUT2D eigenvalue weighted by atomic mass is 10.0. The summed E-state index contributed by atoms with van der Waals surface area (Å²) in [4.78, 5) is 20.8. The number of hydrogen-bond acceptors (Lipinski definition) is 5. The molecular weight excluding hydrogens is 318 g/mol. The van der Waals surface area contributed by atoms with Crippen molar-refractivity contribution in [3.05, 3.63) is 71.8 Å². The van der Waals surface area contributed by atoms with Crippen LogP contribution in [0.3, 0.4) is 0 Å². The second-order valence-electron chi connectivity index (χ2n) is 5.41. The first-order valence-corrected chi connectivity index (χ1v) is 7.62. The van der Waals surface area contributed by atoms with Gasteiger partial charge in [0.25, 0.3) is 5.91 Å². The van der Waals surface area contributed by atoms with Crippen LogP contribution < -0.4 is 10.2 Å². The van der Waals surface area contributed by atoms with Crippen molar-refractivity contribution in [3.8, 4) is 22.9 Å². The average Bonchev–Trinajstić information content (AvgIpc) is 2.86. The molecule has 0 saturated carbocycles. The largest absolute Gasteiger partial charge is 0.436 e. The molecule has 0 saturated heterocycles. The summed E-state index contributed by atoms with van der Waals surface area (Å²) >= 11 is 0. The van der Waals surface area contributed by atoms with Crippen LogP contribution in [0.4, 0.5) is 5.69 Å². The molecule has 1 amide bonds. The normalized spacial score (nSPS) is 11.7. The Bertz CT molecular complexity index is 999. The zero-order valence-electron chi connectivity index (χ0n) is 13.0. The van der Waals surface area contributed by atoms with Gasteiger partial charge in [0.05, 0.1) is 11.3 Å². The maximum absolute atomic E-state index is 11.9. The fraction of sp³-hybridized carbons (Fsp3) is 0. The van der Waals surface area contributed by atoms with Gasteiger partial charge in [0.15, 0.2) is 0 Å². The number of benzene rings is 2. The predicted molar refractivity (Wildman–Crippen MR) is 92.7 cm³/mol. The highest BCUT2D eigenvalue weighted by Crippen LogP contribution is 2.36. The molecule has 2 N–H and O–H groups in total. The standard InChI is InChI=1S/C19H13N3O3/c23-18(22-24)14-7-3-2-6-13(14)15-9-10-16-19(21-15)25-17-8-4-1-5-12(17)11-20-16/h1-11,24H,(H,22,23). The molecule has 0 unspecified atom stereocenters. The minimum atomic E-state index is -0.600. The zero-order chi connectivity index (χ0) is 17.2. The van der Waals surface area contributed by atoms with E-state index in [2.05, 4.69) is 9.98 Å². The van der Waals surface area contributed by atoms with Crippen LogP contribution in [0.2, 0.25) is 0 Å². The third-order valence-corrected chi connectivity index (χ3v) is 3.86. The second-order valence-corrected chi connectivity index (χ2v) is 5.41. The summed E-state index contributed by atoms with van der Waals surface area (Å²) in [5.74, 6) is 0.422. The van der Waals surface area contributed by atoms with Crippen molar-refractivity contribution in [1.29, 1.82) is 0 Å². The van der Waals surface area contributed by atoms with Crippen LogP contribution in [0, 0.1) is 0 Å². The Labute approximate surface area is 143 Å². The van der Waals surface area contributed by atoms with Crippen LogP contribution in [-0.4, -0.2) is 22.3 Å². The number of rotatable bonds is 2. The molecule has 1 aromatic heterocycles. The highest BCUT2D eigenvalue weighted by molar-refractivity contribution is 6.00. The van der Waals surface area contributed by atoms with Crippen molar-refractivity contribution >= 4 is 17.8 Å². The molecule has 122 valence electrons. The Balaban J connectivity index is 1.81. The topological polar surface area (TPSA) is 83.8 Å². The van der Waals surface area contributed by atoms with Crippen molar-refractivity contribution in [2.45, 2.75) is 0 Å². The summed E-state index contributed by atoms with van der Waals surface area (Å²) in [5.41, 5.74) is 4.57. The molecule has 0 atom stereocenters. The Morgan fingerprint density at radius 2 is 1.80 bits per heavy atom. The number of ether oxygens (including phenoxy) is 1. The Kier molecular flexibility index (Phi) is 3.72. The highest BCUT2D eigenvalue weighted by atomic mass is 16.5. The minimum Gasteiger partial charge on any atom is -0.436 e. The fourth-order valence-corrected chi connectivity index (χ4v) is 2.64. The smallest absolute Gasteiger partial charge is 0.275 e. The van der Waals surface area contributed by atoms with Gasteiger partial charge in [-0.1, -0.05) is 30.3 Å². The highest BCUT2D eigenvalue weighted by Gasteiger charge is 2.17. The summed E-state index contributed by atoms with van der Waals surface area (Å²) in [6.45, 7) is 0. The van der Waals surface area contributed by atoms with E-state index in [4.69, 9.17) is 9.94 Å². The third kappa shape index (κ3) is 2.75. The molecule has 2 aromatic carbocycles. The molecule has 1 aliphatic rings. The van der Waals surface area contributed by atoms with Crippen molar-refractivity contribution in [2.75, 3.05) is 0 Å². The number of carbonyl (C=O) groups is 1. The molecule has 2 heterocycles. The van der Waals surface area contributed by atoms with Gasteiger partial charge in [-0.3, -0.25) is 15.0 Å². The molecule has 0 aliphatic carbocycles. The van der Waals surface area contributed by atoms with Crippen molar-refractivity contribution in [3.63, 3.8) is 0 Å². The molecule has 1 aliphatic heterocycles. The Hall–Kier alpha value is -3.51. The molecule has 25 heavy (non-hydrogen) atoms. The van der Waals surface area contributed by atoms with Gasteiger partial charge in [-0.15, -0.1) is 0 Å². The van der Waals surface area contributed by atoms with Crippen LogP contribution in [0.15, 0.2) is 65.7 Å². The quantitative estimate of drug-likeness (QED) is 0.433. The minimum absolute atomic E-state index is 0.315. The number of hydroxylamine groups is 1. The molecule has 6 nitrogen and oxygen atoms in total. The third-order valence-electron chi connectivity index (χ3n) is 3.86. The Morgan fingerprint density at radius 3 is 2.68 bits per heavy atom. The van der Waals surface area contributed by atoms with E-state index in [9.17, 15) is 4.79 Å². The van der Waals surface area contributed by atoms with Crippen molar-refractivity contribution in [2.24, 2.45) is 4.99 Å². The number of nitrogens with zero attached hydrogens (tertiary/aromatic N) is 2. The SMILES string of the molecule is O=C(NO)c1ccccc1-c1ccc2c(n1)Oc1ccccc1C=N2. The Morgan fingerprint density at radius 1 is 1.00 bits per heavy atom. The van der Waals surface area contributed by atoms with E-state index in [1.807, 2.05) is 24.3 Å². The van der Waals surface area contributed by atoms with E-state index in [0.717, 1.165) is 5.56 Å². The number of para-hydroxylation sites is 1. The monoisotopic (exact) mass is 331 g/mol. The van der Waals surface area contributed by atoms with Gasteiger partial charge in [0, 0.05) is 17.3 Å². The van der Waals surface area contributed by atoms with Crippen LogP contribution in [0.5, 0.6) is 11.6 Å². The first kappa shape index (κ1) is 15.0. The number of nitrogens with one attached hydrogen (secondary N) is 1. The maximum Gasteiger partial charge on any atom is 0.275 e. The van der Waals surface area contributed by atoms with E-state index in [0.29, 0.717) is 34.1 Å². The van der Waals surface area contributed by atoms with E-state index in [1.54, 1.807) is 48.1 Å². The number of hydrogen-bond donors (Lipinski definition) is 2. The zero-order valence-corrected chi connectivity index (χ0v) is 13.0. The predicted octanol–water partition coefficient (Wildman–Crippen LogP) is 3.72. The number of carbonyl (C=O) groups excluding carboxylic acids is 1. The van der Waals surface area contributed by atoms with E-state index in [1.165, 1.54) is 0 Å². The van der Waals surface area contributed by atoms with Crippen LogP contribution >= 0.6 is 0 Å². The number of aliphatic imine (C=N–C) groups is 1. The summed E-state index contributed by atoms with van der Waals surface area (Å²) < 4.78 is 5.91.